The third kappa shape index (κ3) is 1.72. The van der Waals surface area contributed by atoms with Gasteiger partial charge in [-0.2, -0.15) is 0 Å². The average Bonchev–Trinajstić information content (AvgIpc) is 2.04. The van der Waals surface area contributed by atoms with Gasteiger partial charge in [0.1, 0.15) is 0 Å². The number of hydrogen-bond donors (Lipinski definition) is 0. The summed E-state index contributed by atoms with van der Waals surface area (Å²) in [5, 5.41) is 0. The molecule has 1 heteroatoms. The molecule has 0 aromatic carbocycles. The van der Waals surface area contributed by atoms with Gasteiger partial charge in [0.05, 0.1) is 0 Å². The Morgan fingerprint density at radius 3 is 2.60 bits per heavy atom. The summed E-state index contributed by atoms with van der Waals surface area (Å²) in [5.74, 6) is 0. The molecule has 1 heterocycles. The van der Waals surface area contributed by atoms with Gasteiger partial charge >= 0.3 is 0 Å². The van der Waals surface area contributed by atoms with E-state index < -0.39 is 0 Å². The maximum atomic E-state index is 2.61. The minimum absolute atomic E-state index is 0.902. The van der Waals surface area contributed by atoms with Crippen LogP contribution >= 0.6 is 0 Å². The highest BCUT2D eigenvalue weighted by atomic mass is 15.1. The minimum atomic E-state index is 0.902. The lowest BCUT2D eigenvalue weighted by Crippen LogP contribution is -2.38. The molecule has 0 amide bonds. The molecular formula is C9H19N. The zero-order chi connectivity index (χ0) is 7.40. The third-order valence-corrected chi connectivity index (χ3v) is 2.63. The van der Waals surface area contributed by atoms with E-state index in [1.165, 1.54) is 38.8 Å². The second-order valence-corrected chi connectivity index (χ2v) is 3.19. The largest absolute Gasteiger partial charge is 0.301 e. The lowest BCUT2D eigenvalue weighted by atomic mass is 10.0. The van der Waals surface area contributed by atoms with Gasteiger partial charge < -0.3 is 4.90 Å². The van der Waals surface area contributed by atoms with Crippen LogP contribution < -0.4 is 0 Å². The molecule has 0 saturated carbocycles. The maximum Gasteiger partial charge on any atom is 0.00925 e. The zero-order valence-electron chi connectivity index (χ0n) is 7.27. The molecule has 0 aromatic heterocycles. The quantitative estimate of drug-likeness (QED) is 0.570. The number of likely N-dealkylation sites (tertiary alicyclic amines) is 1. The number of rotatable bonds is 2. The first-order valence-electron chi connectivity index (χ1n) is 4.62. The van der Waals surface area contributed by atoms with E-state index in [4.69, 9.17) is 0 Å². The molecule has 1 fully saturated rings. The summed E-state index contributed by atoms with van der Waals surface area (Å²) in [7, 11) is 0. The molecule has 1 saturated heterocycles. The van der Waals surface area contributed by atoms with Gasteiger partial charge in [0, 0.05) is 6.04 Å². The van der Waals surface area contributed by atoms with E-state index in [-0.39, 0.29) is 0 Å². The first kappa shape index (κ1) is 8.06. The van der Waals surface area contributed by atoms with Crippen LogP contribution in [0.4, 0.5) is 0 Å². The molecule has 1 atom stereocenters. The highest BCUT2D eigenvalue weighted by molar-refractivity contribution is 4.73. The van der Waals surface area contributed by atoms with Gasteiger partial charge in [-0.25, -0.2) is 0 Å². The highest BCUT2D eigenvalue weighted by Crippen LogP contribution is 2.18. The van der Waals surface area contributed by atoms with Crippen LogP contribution in [0.25, 0.3) is 0 Å². The molecule has 1 nitrogen and oxygen atoms in total. The van der Waals surface area contributed by atoms with Crippen molar-refractivity contribution in [3.8, 4) is 0 Å². The molecule has 0 spiro atoms. The van der Waals surface area contributed by atoms with E-state index in [0.717, 1.165) is 6.04 Å². The number of nitrogens with zero attached hydrogens (tertiary/aromatic N) is 1. The van der Waals surface area contributed by atoms with Gasteiger partial charge in [-0.05, 0) is 32.4 Å². The Labute approximate surface area is 64.4 Å². The van der Waals surface area contributed by atoms with Crippen molar-refractivity contribution in [3.63, 3.8) is 0 Å². The van der Waals surface area contributed by atoms with Gasteiger partial charge in [0.25, 0.3) is 0 Å². The fourth-order valence-corrected chi connectivity index (χ4v) is 1.94. The van der Waals surface area contributed by atoms with E-state index in [0.29, 0.717) is 0 Å². The van der Waals surface area contributed by atoms with Crippen LogP contribution in [0.1, 0.15) is 39.5 Å². The first-order chi connectivity index (χ1) is 4.88. The Bertz CT molecular complexity index is 78.7. The SMILES string of the molecule is CC[C@@H]1CCCCN1CC. The van der Waals surface area contributed by atoms with Crippen molar-refractivity contribution in [1.82, 2.24) is 4.90 Å². The van der Waals surface area contributed by atoms with Crippen molar-refractivity contribution in [1.29, 1.82) is 0 Å². The normalized spacial score (nSPS) is 28.8. The summed E-state index contributed by atoms with van der Waals surface area (Å²) in [6, 6.07) is 0.902. The minimum Gasteiger partial charge on any atom is -0.301 e. The third-order valence-electron chi connectivity index (χ3n) is 2.63. The van der Waals surface area contributed by atoms with Crippen LogP contribution in [0.5, 0.6) is 0 Å². The predicted molar refractivity (Wildman–Crippen MR) is 45.2 cm³/mol. The second-order valence-electron chi connectivity index (χ2n) is 3.19. The van der Waals surface area contributed by atoms with E-state index in [2.05, 4.69) is 18.7 Å². The molecule has 1 aliphatic rings. The Balaban J connectivity index is 2.34. The molecule has 0 radical (unpaired) electrons. The summed E-state index contributed by atoms with van der Waals surface area (Å²) in [6.07, 6.45) is 5.65. The van der Waals surface area contributed by atoms with Gasteiger partial charge in [0.15, 0.2) is 0 Å². The lowest BCUT2D eigenvalue weighted by Gasteiger charge is -2.34. The van der Waals surface area contributed by atoms with Crippen molar-refractivity contribution in [2.75, 3.05) is 13.1 Å². The van der Waals surface area contributed by atoms with Crippen LogP contribution in [0, 0.1) is 0 Å². The van der Waals surface area contributed by atoms with Crippen LogP contribution in [0.2, 0.25) is 0 Å². The molecule has 0 aromatic rings. The van der Waals surface area contributed by atoms with E-state index in [1.807, 2.05) is 0 Å². The fourth-order valence-electron chi connectivity index (χ4n) is 1.94. The molecule has 0 bridgehead atoms. The van der Waals surface area contributed by atoms with Gasteiger partial charge in [-0.1, -0.05) is 20.3 Å². The highest BCUT2D eigenvalue weighted by Gasteiger charge is 2.17. The maximum absolute atomic E-state index is 2.61. The van der Waals surface area contributed by atoms with E-state index in [9.17, 15) is 0 Å². The summed E-state index contributed by atoms with van der Waals surface area (Å²) < 4.78 is 0. The Morgan fingerprint density at radius 2 is 2.10 bits per heavy atom. The summed E-state index contributed by atoms with van der Waals surface area (Å²) >= 11 is 0. The van der Waals surface area contributed by atoms with Crippen molar-refractivity contribution in [2.24, 2.45) is 0 Å². The first-order valence-corrected chi connectivity index (χ1v) is 4.62. The molecule has 10 heavy (non-hydrogen) atoms. The van der Waals surface area contributed by atoms with E-state index >= 15 is 0 Å². The monoisotopic (exact) mass is 141 g/mol. The smallest absolute Gasteiger partial charge is 0.00925 e. The van der Waals surface area contributed by atoms with Crippen molar-refractivity contribution >= 4 is 0 Å². The molecule has 1 aliphatic heterocycles. The number of piperidine rings is 1. The van der Waals surface area contributed by atoms with Gasteiger partial charge in [0.2, 0.25) is 0 Å². The molecule has 0 unspecified atom stereocenters. The molecule has 0 aliphatic carbocycles. The second kappa shape index (κ2) is 3.97. The predicted octanol–water partition coefficient (Wildman–Crippen LogP) is 2.27. The molecular weight excluding hydrogens is 122 g/mol. The van der Waals surface area contributed by atoms with Crippen LogP contribution in [0.15, 0.2) is 0 Å². The Morgan fingerprint density at radius 1 is 1.30 bits per heavy atom. The van der Waals surface area contributed by atoms with Crippen molar-refractivity contribution in [2.45, 2.75) is 45.6 Å². The van der Waals surface area contributed by atoms with Crippen LogP contribution in [-0.4, -0.2) is 24.0 Å². The van der Waals surface area contributed by atoms with Crippen LogP contribution in [-0.2, 0) is 0 Å². The molecule has 60 valence electrons. The fraction of sp³-hybridized carbons (Fsp3) is 1.00. The molecule has 0 N–H and O–H groups in total. The Hall–Kier alpha value is -0.0400. The summed E-state index contributed by atoms with van der Waals surface area (Å²) in [6.45, 7) is 7.17. The van der Waals surface area contributed by atoms with Crippen molar-refractivity contribution in [3.05, 3.63) is 0 Å². The van der Waals surface area contributed by atoms with Gasteiger partial charge in [-0.3, -0.25) is 0 Å². The Kier molecular flexibility index (Phi) is 3.20. The topological polar surface area (TPSA) is 3.24 Å². The standard InChI is InChI=1S/C9H19N/c1-3-9-7-5-6-8-10(9)4-2/h9H,3-8H2,1-2H3/t9-/m1/s1. The number of hydrogen-bond acceptors (Lipinski definition) is 1. The lowest BCUT2D eigenvalue weighted by molar-refractivity contribution is 0.152. The summed E-state index contributed by atoms with van der Waals surface area (Å²) in [4.78, 5) is 2.61. The zero-order valence-corrected chi connectivity index (χ0v) is 7.27. The molecule has 1 rings (SSSR count). The van der Waals surface area contributed by atoms with Crippen LogP contribution in [0.3, 0.4) is 0 Å². The van der Waals surface area contributed by atoms with Gasteiger partial charge in [-0.15, -0.1) is 0 Å². The van der Waals surface area contributed by atoms with E-state index in [1.54, 1.807) is 0 Å². The average molecular weight is 141 g/mol. The summed E-state index contributed by atoms with van der Waals surface area (Å²) in [5.41, 5.74) is 0. The van der Waals surface area contributed by atoms with Crippen molar-refractivity contribution < 1.29 is 0 Å².